The van der Waals surface area contributed by atoms with E-state index in [1.807, 2.05) is 26.0 Å². The first kappa shape index (κ1) is 16.3. The Balaban J connectivity index is 1.77. The van der Waals surface area contributed by atoms with Crippen LogP contribution in [0.25, 0.3) is 11.0 Å². The molecule has 4 rings (SSSR count). The molecule has 3 aromatic rings. The van der Waals surface area contributed by atoms with Crippen molar-refractivity contribution in [3.05, 3.63) is 46.7 Å². The van der Waals surface area contributed by atoms with Gasteiger partial charge in [0.2, 0.25) is 0 Å². The van der Waals surface area contributed by atoms with Crippen LogP contribution in [0.1, 0.15) is 33.1 Å². The molecule has 8 heteroatoms. The summed E-state index contributed by atoms with van der Waals surface area (Å²) < 4.78 is 7.28. The molecule has 1 aromatic carbocycles. The highest BCUT2D eigenvalue weighted by molar-refractivity contribution is 6.07. The zero-order valence-corrected chi connectivity index (χ0v) is 14.7. The van der Waals surface area contributed by atoms with Gasteiger partial charge in [-0.05, 0) is 44.0 Å². The normalized spacial score (nSPS) is 16.7. The molecule has 0 radical (unpaired) electrons. The number of nitrogens with zero attached hydrogens (tertiary/aromatic N) is 4. The van der Waals surface area contributed by atoms with Crippen LogP contribution in [0.4, 0.5) is 0 Å². The molecule has 1 amide bonds. The van der Waals surface area contributed by atoms with Gasteiger partial charge in [-0.1, -0.05) is 0 Å². The van der Waals surface area contributed by atoms with Gasteiger partial charge in [0.05, 0.1) is 18.7 Å². The molecule has 134 valence electrons. The lowest BCUT2D eigenvalue weighted by atomic mass is 10.0. The topological polar surface area (TPSA) is 101 Å². The third-order valence-corrected chi connectivity index (χ3v) is 5.02. The lowest BCUT2D eigenvalue weighted by Gasteiger charge is -2.33. The Hall–Kier alpha value is -3.16. The third-order valence-electron chi connectivity index (χ3n) is 5.02. The summed E-state index contributed by atoms with van der Waals surface area (Å²) in [6.07, 6.45) is 1.40. The van der Waals surface area contributed by atoms with Gasteiger partial charge in [-0.2, -0.15) is 0 Å². The van der Waals surface area contributed by atoms with Gasteiger partial charge in [-0.15, -0.1) is 10.2 Å². The van der Waals surface area contributed by atoms with Crippen molar-refractivity contribution in [2.75, 3.05) is 0 Å². The Morgan fingerprint density at radius 2 is 1.92 bits per heavy atom. The first-order chi connectivity index (χ1) is 12.4. The van der Waals surface area contributed by atoms with Crippen LogP contribution in [0.2, 0.25) is 0 Å². The number of fused-ring (bicyclic) bond motifs is 2. The summed E-state index contributed by atoms with van der Waals surface area (Å²) in [4.78, 5) is 26.2. The summed E-state index contributed by atoms with van der Waals surface area (Å²) in [5.41, 5.74) is 3.07. The lowest BCUT2D eigenvalue weighted by Crippen LogP contribution is -2.50. The van der Waals surface area contributed by atoms with Gasteiger partial charge in [0.1, 0.15) is 23.7 Å². The first-order valence-electron chi connectivity index (χ1n) is 8.27. The highest BCUT2D eigenvalue weighted by Crippen LogP contribution is 2.28. The first-order valence-corrected chi connectivity index (χ1v) is 8.27. The van der Waals surface area contributed by atoms with Gasteiger partial charge in [0.15, 0.2) is 5.82 Å². The maximum absolute atomic E-state index is 13.1. The maximum atomic E-state index is 13.1. The number of hydrogen-bond donors (Lipinski definition) is 1. The van der Waals surface area contributed by atoms with Crippen LogP contribution in [0.5, 0.6) is 0 Å². The van der Waals surface area contributed by atoms with Crippen LogP contribution in [0, 0.1) is 20.8 Å². The van der Waals surface area contributed by atoms with Gasteiger partial charge in [0.25, 0.3) is 5.91 Å². The minimum atomic E-state index is -1.06. The van der Waals surface area contributed by atoms with Crippen molar-refractivity contribution >= 4 is 22.8 Å². The largest absolute Gasteiger partial charge is 0.480 e. The molecule has 0 saturated carbocycles. The van der Waals surface area contributed by atoms with Crippen molar-refractivity contribution < 1.29 is 19.1 Å². The van der Waals surface area contributed by atoms with E-state index in [9.17, 15) is 14.7 Å². The fourth-order valence-corrected chi connectivity index (χ4v) is 3.34. The van der Waals surface area contributed by atoms with Crippen molar-refractivity contribution in [2.45, 2.75) is 39.9 Å². The van der Waals surface area contributed by atoms with Crippen LogP contribution in [-0.4, -0.2) is 42.7 Å². The van der Waals surface area contributed by atoms with Crippen LogP contribution in [0.15, 0.2) is 22.8 Å². The fraction of sp³-hybridized carbons (Fsp3) is 0.333. The molecular formula is C18H18N4O4. The zero-order chi connectivity index (χ0) is 18.6. The summed E-state index contributed by atoms with van der Waals surface area (Å²) in [6, 6.07) is 2.79. The van der Waals surface area contributed by atoms with Crippen molar-refractivity contribution in [1.29, 1.82) is 0 Å². The van der Waals surface area contributed by atoms with Gasteiger partial charge in [-0.3, -0.25) is 4.79 Å². The van der Waals surface area contributed by atoms with Gasteiger partial charge in [-0.25, -0.2) is 4.79 Å². The quantitative estimate of drug-likeness (QED) is 0.756. The summed E-state index contributed by atoms with van der Waals surface area (Å²) >= 11 is 0. The van der Waals surface area contributed by atoms with E-state index in [1.165, 1.54) is 11.2 Å². The molecule has 0 spiro atoms. The Kier molecular flexibility index (Phi) is 3.57. The predicted molar refractivity (Wildman–Crippen MR) is 91.7 cm³/mol. The van der Waals surface area contributed by atoms with Gasteiger partial charge >= 0.3 is 5.97 Å². The Bertz CT molecular complexity index is 1050. The molecule has 2 aromatic heterocycles. The number of carbonyl (C=O) groups excluding carboxylic acids is 1. The number of rotatable bonds is 2. The summed E-state index contributed by atoms with van der Waals surface area (Å²) in [5, 5.41) is 18.4. The fourth-order valence-electron chi connectivity index (χ4n) is 3.34. The molecule has 1 aliphatic heterocycles. The second-order valence-corrected chi connectivity index (χ2v) is 6.64. The Labute approximate surface area is 149 Å². The minimum Gasteiger partial charge on any atom is -0.480 e. The Morgan fingerprint density at radius 3 is 2.65 bits per heavy atom. The molecule has 0 fully saturated rings. The van der Waals surface area contributed by atoms with E-state index in [-0.39, 0.29) is 19.0 Å². The van der Waals surface area contributed by atoms with Gasteiger partial charge in [0, 0.05) is 5.39 Å². The number of carboxylic acid groups (broad SMARTS) is 1. The van der Waals surface area contributed by atoms with E-state index >= 15 is 0 Å². The molecule has 26 heavy (non-hydrogen) atoms. The number of amides is 1. The maximum Gasteiger partial charge on any atom is 0.328 e. The monoisotopic (exact) mass is 354 g/mol. The van der Waals surface area contributed by atoms with E-state index < -0.39 is 12.0 Å². The number of benzene rings is 1. The molecular weight excluding hydrogens is 336 g/mol. The standard InChI is InChI=1S/C18H18N4O4/c1-9-4-12-13(8-26-15(12)5-10(9)2)17(23)22-7-16-20-19-11(3)21(16)6-14(22)18(24)25/h4-5,8,14H,6-7H2,1-3H3,(H,24,25). The van der Waals surface area contributed by atoms with Crippen LogP contribution < -0.4 is 0 Å². The third kappa shape index (κ3) is 2.37. The number of carbonyl (C=O) groups is 2. The van der Waals surface area contributed by atoms with E-state index in [1.54, 1.807) is 11.5 Å². The van der Waals surface area contributed by atoms with E-state index in [0.29, 0.717) is 28.2 Å². The second kappa shape index (κ2) is 5.69. The van der Waals surface area contributed by atoms with Crippen molar-refractivity contribution in [3.8, 4) is 0 Å². The molecule has 1 unspecified atom stereocenters. The number of aromatic nitrogens is 3. The molecule has 8 nitrogen and oxygen atoms in total. The average Bonchev–Trinajstić information content (AvgIpc) is 3.17. The molecule has 1 atom stereocenters. The molecule has 3 heterocycles. The van der Waals surface area contributed by atoms with Crippen LogP contribution >= 0.6 is 0 Å². The summed E-state index contributed by atoms with van der Waals surface area (Å²) in [7, 11) is 0. The van der Waals surface area contributed by atoms with Gasteiger partial charge < -0.3 is 19.0 Å². The molecule has 0 aliphatic carbocycles. The lowest BCUT2D eigenvalue weighted by molar-refractivity contribution is -0.143. The number of hydrogen-bond acceptors (Lipinski definition) is 5. The SMILES string of the molecule is Cc1cc2occ(C(=O)N3Cc4nnc(C)n4CC3C(=O)O)c2cc1C. The van der Waals surface area contributed by atoms with Crippen molar-refractivity contribution in [2.24, 2.45) is 0 Å². The van der Waals surface area contributed by atoms with Crippen LogP contribution in [0.3, 0.4) is 0 Å². The number of aliphatic carboxylic acids is 1. The Morgan fingerprint density at radius 1 is 1.19 bits per heavy atom. The molecule has 1 aliphatic rings. The smallest absolute Gasteiger partial charge is 0.328 e. The summed E-state index contributed by atoms with van der Waals surface area (Å²) in [6.45, 7) is 5.92. The number of carboxylic acids is 1. The van der Waals surface area contributed by atoms with E-state index in [2.05, 4.69) is 10.2 Å². The predicted octanol–water partition coefficient (Wildman–Crippen LogP) is 2.06. The van der Waals surface area contributed by atoms with Crippen LogP contribution in [-0.2, 0) is 17.9 Å². The summed E-state index contributed by atoms with van der Waals surface area (Å²) in [5.74, 6) is -0.227. The second-order valence-electron chi connectivity index (χ2n) is 6.64. The number of aryl methyl sites for hydroxylation is 3. The zero-order valence-electron chi connectivity index (χ0n) is 14.7. The molecule has 0 bridgehead atoms. The molecule has 0 saturated heterocycles. The highest BCUT2D eigenvalue weighted by Gasteiger charge is 2.37. The highest BCUT2D eigenvalue weighted by atomic mass is 16.4. The average molecular weight is 354 g/mol. The van der Waals surface area contributed by atoms with Crippen molar-refractivity contribution in [1.82, 2.24) is 19.7 Å². The van der Waals surface area contributed by atoms with E-state index in [4.69, 9.17) is 4.42 Å². The molecule has 1 N–H and O–H groups in total. The van der Waals surface area contributed by atoms with E-state index in [0.717, 1.165) is 11.1 Å². The minimum absolute atomic E-state index is 0.0914. The number of furan rings is 1. The van der Waals surface area contributed by atoms with Crippen molar-refractivity contribution in [3.63, 3.8) is 0 Å².